The summed E-state index contributed by atoms with van der Waals surface area (Å²) in [5.41, 5.74) is 1.55. The zero-order chi connectivity index (χ0) is 17.6. The number of carbonyl (C=O) groups excluding carboxylic acids is 1. The van der Waals surface area contributed by atoms with Crippen LogP contribution in [0, 0.1) is 5.92 Å². The highest BCUT2D eigenvalue weighted by molar-refractivity contribution is 7.99. The fraction of sp³-hybridized carbons (Fsp3) is 0.353. The topological polar surface area (TPSA) is 100 Å². The smallest absolute Gasteiger partial charge is 0.227 e. The van der Waals surface area contributed by atoms with E-state index in [4.69, 9.17) is 0 Å². The molecule has 0 saturated carbocycles. The SMILES string of the molecule is CCSc1nc2n(n1)C(c1ccc(O)c(O)c1)C1C(=O)CCC=C1N2. The minimum Gasteiger partial charge on any atom is -0.504 e. The van der Waals surface area contributed by atoms with Gasteiger partial charge in [0.2, 0.25) is 11.1 Å². The molecule has 0 spiro atoms. The van der Waals surface area contributed by atoms with Crippen LogP contribution in [0.5, 0.6) is 11.5 Å². The molecule has 2 atom stereocenters. The quantitative estimate of drug-likeness (QED) is 0.573. The molecule has 25 heavy (non-hydrogen) atoms. The molecule has 4 rings (SSSR count). The van der Waals surface area contributed by atoms with E-state index in [0.29, 0.717) is 29.5 Å². The number of hydrogen-bond acceptors (Lipinski definition) is 7. The number of nitrogens with zero attached hydrogens (tertiary/aromatic N) is 3. The largest absolute Gasteiger partial charge is 0.504 e. The Bertz CT molecular complexity index is 877. The Labute approximate surface area is 148 Å². The standard InChI is InChI=1S/C17H18N4O3S/c1-2-25-17-19-16-18-10-4-3-5-12(23)14(10)15(21(16)20-17)9-6-7-11(22)13(24)8-9/h4,6-8,14-15,22,24H,2-3,5H2,1H3,(H,18,19,20). The van der Waals surface area contributed by atoms with Gasteiger partial charge in [0.05, 0.1) is 12.0 Å². The molecule has 2 aromatic rings. The second kappa shape index (κ2) is 6.11. The first-order chi connectivity index (χ1) is 12.1. The fourth-order valence-corrected chi connectivity index (χ4v) is 3.96. The highest BCUT2D eigenvalue weighted by Gasteiger charge is 2.41. The van der Waals surface area contributed by atoms with Crippen molar-refractivity contribution < 1.29 is 15.0 Å². The van der Waals surface area contributed by atoms with Crippen LogP contribution in [0.15, 0.2) is 35.1 Å². The van der Waals surface area contributed by atoms with Crippen molar-refractivity contribution in [3.05, 3.63) is 35.5 Å². The predicted octanol–water partition coefficient (Wildman–Crippen LogP) is 2.68. The lowest BCUT2D eigenvalue weighted by molar-refractivity contribution is -0.123. The third kappa shape index (κ3) is 2.66. The van der Waals surface area contributed by atoms with E-state index in [0.717, 1.165) is 11.4 Å². The second-order valence-electron chi connectivity index (χ2n) is 6.06. The molecule has 1 aromatic heterocycles. The van der Waals surface area contributed by atoms with E-state index in [2.05, 4.69) is 15.4 Å². The van der Waals surface area contributed by atoms with Crippen molar-refractivity contribution in [2.24, 2.45) is 5.92 Å². The van der Waals surface area contributed by atoms with Gasteiger partial charge in [0.1, 0.15) is 5.78 Å². The van der Waals surface area contributed by atoms with Crippen LogP contribution in [-0.2, 0) is 4.79 Å². The number of allylic oxidation sites excluding steroid dienone is 2. The van der Waals surface area contributed by atoms with Gasteiger partial charge in [-0.2, -0.15) is 4.98 Å². The summed E-state index contributed by atoms with van der Waals surface area (Å²) in [5, 5.41) is 28.0. The van der Waals surface area contributed by atoms with E-state index >= 15 is 0 Å². The maximum atomic E-state index is 12.6. The number of benzene rings is 1. The summed E-state index contributed by atoms with van der Waals surface area (Å²) in [7, 11) is 0. The normalized spacial score (nSPS) is 22.0. The molecule has 2 heterocycles. The average molecular weight is 358 g/mol. The first-order valence-electron chi connectivity index (χ1n) is 8.19. The Hall–Kier alpha value is -2.48. The van der Waals surface area contributed by atoms with E-state index in [-0.39, 0.29) is 17.3 Å². The van der Waals surface area contributed by atoms with Gasteiger partial charge in [0, 0.05) is 12.1 Å². The number of nitrogens with one attached hydrogen (secondary N) is 1. The number of Topliss-reactive ketones (excluding diaryl/α,β-unsaturated/α-hetero) is 1. The van der Waals surface area contributed by atoms with Crippen LogP contribution in [0.3, 0.4) is 0 Å². The van der Waals surface area contributed by atoms with Crippen LogP contribution in [-0.4, -0.2) is 36.5 Å². The van der Waals surface area contributed by atoms with Crippen molar-refractivity contribution in [1.29, 1.82) is 0 Å². The Morgan fingerprint density at radius 1 is 1.36 bits per heavy atom. The van der Waals surface area contributed by atoms with Gasteiger partial charge in [-0.05, 0) is 29.9 Å². The third-order valence-corrected chi connectivity index (χ3v) is 5.22. The summed E-state index contributed by atoms with van der Waals surface area (Å²) < 4.78 is 1.72. The van der Waals surface area contributed by atoms with Crippen molar-refractivity contribution in [2.45, 2.75) is 31.0 Å². The van der Waals surface area contributed by atoms with Crippen molar-refractivity contribution >= 4 is 23.5 Å². The van der Waals surface area contributed by atoms with Crippen molar-refractivity contribution in [3.63, 3.8) is 0 Å². The molecular formula is C17H18N4O3S. The molecule has 0 amide bonds. The molecule has 0 fully saturated rings. The molecule has 0 bridgehead atoms. The highest BCUT2D eigenvalue weighted by atomic mass is 32.2. The molecule has 0 radical (unpaired) electrons. The molecular weight excluding hydrogens is 340 g/mol. The number of aromatic nitrogens is 3. The summed E-state index contributed by atoms with van der Waals surface area (Å²) in [5.74, 6) is 0.767. The van der Waals surface area contributed by atoms with Crippen molar-refractivity contribution in [3.8, 4) is 11.5 Å². The number of anilines is 1. The first kappa shape index (κ1) is 16.0. The van der Waals surface area contributed by atoms with Gasteiger partial charge in [-0.15, -0.1) is 5.10 Å². The van der Waals surface area contributed by atoms with E-state index in [1.807, 2.05) is 13.0 Å². The maximum Gasteiger partial charge on any atom is 0.227 e. The third-order valence-electron chi connectivity index (χ3n) is 4.50. The van der Waals surface area contributed by atoms with E-state index < -0.39 is 12.0 Å². The van der Waals surface area contributed by atoms with Gasteiger partial charge in [0.15, 0.2) is 11.5 Å². The van der Waals surface area contributed by atoms with E-state index in [1.54, 1.807) is 10.7 Å². The number of fused-ring (bicyclic) bond motifs is 2. The number of rotatable bonds is 3. The predicted molar refractivity (Wildman–Crippen MR) is 93.8 cm³/mol. The van der Waals surface area contributed by atoms with Crippen LogP contribution in [0.25, 0.3) is 0 Å². The van der Waals surface area contributed by atoms with Gasteiger partial charge in [-0.25, -0.2) is 4.68 Å². The monoisotopic (exact) mass is 358 g/mol. The van der Waals surface area contributed by atoms with E-state index in [9.17, 15) is 15.0 Å². The number of carbonyl (C=O) groups is 1. The van der Waals surface area contributed by atoms with Gasteiger partial charge in [-0.1, -0.05) is 30.8 Å². The first-order valence-corrected chi connectivity index (χ1v) is 9.18. The van der Waals surface area contributed by atoms with Crippen LogP contribution in [0.2, 0.25) is 0 Å². The summed E-state index contributed by atoms with van der Waals surface area (Å²) in [6, 6.07) is 4.23. The number of phenolic OH excluding ortho intramolecular Hbond substituents is 2. The van der Waals surface area contributed by atoms with Crippen LogP contribution in [0.1, 0.15) is 31.4 Å². The van der Waals surface area contributed by atoms with Gasteiger partial charge in [0.25, 0.3) is 0 Å². The number of phenols is 2. The van der Waals surface area contributed by atoms with Gasteiger partial charge < -0.3 is 15.5 Å². The lowest BCUT2D eigenvalue weighted by atomic mass is 9.81. The molecule has 130 valence electrons. The molecule has 1 aliphatic carbocycles. The van der Waals surface area contributed by atoms with Crippen molar-refractivity contribution in [2.75, 3.05) is 11.1 Å². The Morgan fingerprint density at radius 2 is 2.20 bits per heavy atom. The van der Waals surface area contributed by atoms with E-state index in [1.165, 1.54) is 23.9 Å². The second-order valence-corrected chi connectivity index (χ2v) is 7.29. The van der Waals surface area contributed by atoms with Crippen LogP contribution >= 0.6 is 11.8 Å². The average Bonchev–Trinajstić information content (AvgIpc) is 2.98. The van der Waals surface area contributed by atoms with Gasteiger partial charge >= 0.3 is 0 Å². The number of aromatic hydroxyl groups is 2. The maximum absolute atomic E-state index is 12.6. The molecule has 1 aliphatic heterocycles. The lowest BCUT2D eigenvalue weighted by Crippen LogP contribution is -2.38. The number of hydrogen-bond donors (Lipinski definition) is 3. The minimum atomic E-state index is -0.402. The summed E-state index contributed by atoms with van der Waals surface area (Å²) in [6.45, 7) is 2.03. The highest BCUT2D eigenvalue weighted by Crippen LogP contribution is 2.43. The minimum absolute atomic E-state index is 0.133. The van der Waals surface area contributed by atoms with Crippen LogP contribution < -0.4 is 5.32 Å². The Kier molecular flexibility index (Phi) is 3.91. The van der Waals surface area contributed by atoms with Crippen LogP contribution in [0.4, 0.5) is 5.95 Å². The molecule has 1 aromatic carbocycles. The Morgan fingerprint density at radius 3 is 2.96 bits per heavy atom. The molecule has 3 N–H and O–H groups in total. The molecule has 7 nitrogen and oxygen atoms in total. The van der Waals surface area contributed by atoms with Gasteiger partial charge in [-0.3, -0.25) is 4.79 Å². The molecule has 2 unspecified atom stereocenters. The summed E-state index contributed by atoms with van der Waals surface area (Å²) in [4.78, 5) is 17.2. The fourth-order valence-electron chi connectivity index (χ4n) is 3.40. The molecule has 8 heteroatoms. The summed E-state index contributed by atoms with van der Waals surface area (Å²) >= 11 is 1.53. The molecule has 0 saturated heterocycles. The zero-order valence-electron chi connectivity index (χ0n) is 13.6. The molecule has 2 aliphatic rings. The lowest BCUT2D eigenvalue weighted by Gasteiger charge is -2.36. The number of ketones is 1. The Balaban J connectivity index is 1.88. The zero-order valence-corrected chi connectivity index (χ0v) is 14.5. The van der Waals surface area contributed by atoms with Crippen molar-refractivity contribution in [1.82, 2.24) is 14.8 Å². The summed E-state index contributed by atoms with van der Waals surface area (Å²) in [6.07, 6.45) is 3.22. The number of thioether (sulfide) groups is 1.